The number of hydrogen-bond donors (Lipinski definition) is 2. The van der Waals surface area contributed by atoms with Gasteiger partial charge in [0.1, 0.15) is 6.61 Å². The molecule has 2 N–H and O–H groups in total. The smallest absolute Gasteiger partial charge is 0.401 e. The number of carbonyl (C=O) groups excluding carboxylic acids is 1. The van der Waals surface area contributed by atoms with Crippen molar-refractivity contribution in [3.63, 3.8) is 0 Å². The normalized spacial score (nSPS) is 37.3. The summed E-state index contributed by atoms with van der Waals surface area (Å²) >= 11 is 0. The predicted molar refractivity (Wildman–Crippen MR) is 99.4 cm³/mol. The van der Waals surface area contributed by atoms with Crippen molar-refractivity contribution in [1.82, 2.24) is 5.32 Å². The Morgan fingerprint density at radius 1 is 1.43 bits per heavy atom. The molecule has 0 spiro atoms. The molecule has 0 aromatic heterocycles. The summed E-state index contributed by atoms with van der Waals surface area (Å²) in [4.78, 5) is 12.1. The van der Waals surface area contributed by atoms with Crippen LogP contribution in [0.2, 0.25) is 0 Å². The Morgan fingerprint density at radius 2 is 2.14 bits per heavy atom. The molecule has 3 unspecified atom stereocenters. The molecule has 1 heterocycles. The number of cyclic esters (lactones) is 1. The van der Waals surface area contributed by atoms with E-state index in [1.807, 2.05) is 0 Å². The van der Waals surface area contributed by atoms with Crippen LogP contribution in [0.3, 0.4) is 0 Å². The third kappa shape index (κ3) is 4.15. The van der Waals surface area contributed by atoms with E-state index in [1.165, 1.54) is 0 Å². The number of rotatable bonds is 5. The molecule has 158 valence electrons. The Morgan fingerprint density at radius 3 is 2.75 bits per heavy atom. The molecule has 0 aromatic rings. The van der Waals surface area contributed by atoms with E-state index in [2.05, 4.69) is 25.7 Å². The van der Waals surface area contributed by atoms with Gasteiger partial charge in [-0.05, 0) is 61.3 Å². The lowest BCUT2D eigenvalue weighted by Gasteiger charge is -2.56. The Balaban J connectivity index is 1.85. The SMILES string of the molecule is C=C1CCC2[C@@H](C)C(O)CC[C@]2(C)[C@@H]1CC(NCC(F)(F)F)C1=CCOC1=O. The van der Waals surface area contributed by atoms with Gasteiger partial charge in [0.2, 0.25) is 0 Å². The fraction of sp³-hybridized carbons (Fsp3) is 0.762. The molecule has 0 radical (unpaired) electrons. The van der Waals surface area contributed by atoms with Gasteiger partial charge in [0, 0.05) is 6.04 Å². The number of carbonyl (C=O) groups is 1. The predicted octanol–water partition coefficient (Wildman–Crippen LogP) is 3.76. The Bertz CT molecular complexity index is 660. The topological polar surface area (TPSA) is 58.6 Å². The summed E-state index contributed by atoms with van der Waals surface area (Å²) in [6, 6.07) is -0.726. The molecule has 0 saturated heterocycles. The fourth-order valence-electron chi connectivity index (χ4n) is 5.67. The zero-order valence-electron chi connectivity index (χ0n) is 16.5. The van der Waals surface area contributed by atoms with E-state index in [0.717, 1.165) is 24.8 Å². The maximum absolute atomic E-state index is 12.9. The number of halogens is 3. The van der Waals surface area contributed by atoms with Crippen LogP contribution in [0, 0.1) is 23.2 Å². The van der Waals surface area contributed by atoms with E-state index in [9.17, 15) is 23.1 Å². The van der Waals surface area contributed by atoms with Gasteiger partial charge < -0.3 is 15.2 Å². The Labute approximate surface area is 164 Å². The molecule has 1 aliphatic heterocycles. The van der Waals surface area contributed by atoms with E-state index < -0.39 is 24.7 Å². The minimum absolute atomic E-state index is 0.0127. The van der Waals surface area contributed by atoms with Crippen molar-refractivity contribution in [1.29, 1.82) is 0 Å². The van der Waals surface area contributed by atoms with Crippen molar-refractivity contribution in [2.75, 3.05) is 13.2 Å². The highest BCUT2D eigenvalue weighted by Gasteiger charge is 2.52. The summed E-state index contributed by atoms with van der Waals surface area (Å²) in [5.74, 6) is -0.123. The highest BCUT2D eigenvalue weighted by atomic mass is 19.4. The summed E-state index contributed by atoms with van der Waals surface area (Å²) in [5.41, 5.74) is 1.18. The number of nitrogens with one attached hydrogen (secondary N) is 1. The zero-order valence-corrected chi connectivity index (χ0v) is 16.5. The van der Waals surface area contributed by atoms with E-state index in [1.54, 1.807) is 6.08 Å². The first kappa shape index (κ1) is 21.4. The first-order chi connectivity index (χ1) is 13.0. The van der Waals surface area contributed by atoms with Crippen molar-refractivity contribution >= 4 is 5.97 Å². The second-order valence-electron chi connectivity index (χ2n) is 8.87. The van der Waals surface area contributed by atoms with Crippen LogP contribution in [0.1, 0.15) is 46.0 Å². The minimum atomic E-state index is -4.36. The Hall–Kier alpha value is -1.34. The number of alkyl halides is 3. The van der Waals surface area contributed by atoms with Gasteiger partial charge in [0.15, 0.2) is 0 Å². The first-order valence-electron chi connectivity index (χ1n) is 10.1. The van der Waals surface area contributed by atoms with Crippen molar-refractivity contribution < 1.29 is 27.8 Å². The van der Waals surface area contributed by atoms with Crippen LogP contribution in [-0.4, -0.2) is 42.5 Å². The van der Waals surface area contributed by atoms with Gasteiger partial charge in [-0.3, -0.25) is 0 Å². The average molecular weight is 401 g/mol. The number of aliphatic hydroxyl groups excluding tert-OH is 1. The molecule has 2 aliphatic carbocycles. The maximum atomic E-state index is 12.9. The van der Waals surface area contributed by atoms with Crippen LogP contribution in [-0.2, 0) is 9.53 Å². The van der Waals surface area contributed by atoms with Crippen LogP contribution >= 0.6 is 0 Å². The van der Waals surface area contributed by atoms with Crippen LogP contribution < -0.4 is 5.32 Å². The highest BCUT2D eigenvalue weighted by molar-refractivity contribution is 5.91. The molecule has 3 aliphatic rings. The molecule has 6 atom stereocenters. The van der Waals surface area contributed by atoms with Crippen LogP contribution in [0.25, 0.3) is 0 Å². The number of allylic oxidation sites excluding steroid dienone is 1. The molecular formula is C21H30F3NO3. The molecule has 4 nitrogen and oxygen atoms in total. The van der Waals surface area contributed by atoms with Crippen molar-refractivity contribution in [2.24, 2.45) is 23.2 Å². The second-order valence-corrected chi connectivity index (χ2v) is 8.87. The monoisotopic (exact) mass is 401 g/mol. The summed E-state index contributed by atoms with van der Waals surface area (Å²) in [6.45, 7) is 7.43. The minimum Gasteiger partial charge on any atom is -0.458 e. The lowest BCUT2D eigenvalue weighted by molar-refractivity contribution is -0.137. The second kappa shape index (κ2) is 7.82. The maximum Gasteiger partial charge on any atom is 0.401 e. The van der Waals surface area contributed by atoms with E-state index in [4.69, 9.17) is 4.74 Å². The summed E-state index contributed by atoms with van der Waals surface area (Å²) in [5, 5.41) is 12.9. The molecule has 3 rings (SSSR count). The van der Waals surface area contributed by atoms with Gasteiger partial charge in [-0.25, -0.2) is 4.79 Å². The van der Waals surface area contributed by atoms with Gasteiger partial charge in [0.05, 0.1) is 18.2 Å². The number of esters is 1. The van der Waals surface area contributed by atoms with Gasteiger partial charge >= 0.3 is 12.1 Å². The van der Waals surface area contributed by atoms with Crippen LogP contribution in [0.15, 0.2) is 23.8 Å². The van der Waals surface area contributed by atoms with E-state index in [-0.39, 0.29) is 35.5 Å². The lowest BCUT2D eigenvalue weighted by atomic mass is 9.50. The van der Waals surface area contributed by atoms with E-state index >= 15 is 0 Å². The molecule has 2 saturated carbocycles. The fourth-order valence-corrected chi connectivity index (χ4v) is 5.67. The molecule has 2 fully saturated rings. The van der Waals surface area contributed by atoms with Crippen molar-refractivity contribution in [3.05, 3.63) is 23.8 Å². The van der Waals surface area contributed by atoms with Crippen LogP contribution in [0.5, 0.6) is 0 Å². The number of aliphatic hydroxyl groups is 1. The van der Waals surface area contributed by atoms with Gasteiger partial charge in [-0.15, -0.1) is 0 Å². The van der Waals surface area contributed by atoms with Crippen LogP contribution in [0.4, 0.5) is 13.2 Å². The summed E-state index contributed by atoms with van der Waals surface area (Å²) in [6.07, 6.45) is 0.497. The number of ether oxygens (including phenoxy) is 1. The quantitative estimate of drug-likeness (QED) is 0.544. The lowest BCUT2D eigenvalue weighted by Crippen LogP contribution is -2.51. The Kier molecular flexibility index (Phi) is 5.97. The van der Waals surface area contributed by atoms with E-state index in [0.29, 0.717) is 18.8 Å². The number of hydrogen-bond acceptors (Lipinski definition) is 4. The molecule has 28 heavy (non-hydrogen) atoms. The zero-order chi connectivity index (χ0) is 20.7. The molecular weight excluding hydrogens is 371 g/mol. The summed E-state index contributed by atoms with van der Waals surface area (Å²) < 4.78 is 43.5. The van der Waals surface area contributed by atoms with Gasteiger partial charge in [-0.1, -0.05) is 26.0 Å². The van der Waals surface area contributed by atoms with Crippen molar-refractivity contribution in [3.8, 4) is 0 Å². The molecule has 0 bridgehead atoms. The molecule has 0 amide bonds. The summed E-state index contributed by atoms with van der Waals surface area (Å²) in [7, 11) is 0. The number of fused-ring (bicyclic) bond motifs is 1. The highest BCUT2D eigenvalue weighted by Crippen LogP contribution is 2.58. The average Bonchev–Trinajstić information content (AvgIpc) is 3.03. The molecule has 0 aromatic carbocycles. The first-order valence-corrected chi connectivity index (χ1v) is 10.1. The third-order valence-electron chi connectivity index (χ3n) is 7.28. The van der Waals surface area contributed by atoms with Gasteiger partial charge in [0.25, 0.3) is 0 Å². The standard InChI is InChI=1S/C21H30F3NO3/c1-12-4-5-15-13(2)18(26)6-8-20(15,3)16(12)10-17(25-11-21(22,23)24)14-7-9-28-19(14)27/h7,13,15-18,25-26H,1,4-6,8-11H2,2-3H3/t13-,15?,16-,17?,18?,20+/m1/s1. The molecule has 7 heteroatoms. The third-order valence-corrected chi connectivity index (χ3v) is 7.28. The largest absolute Gasteiger partial charge is 0.458 e. The van der Waals surface area contributed by atoms with Gasteiger partial charge in [-0.2, -0.15) is 13.2 Å². The van der Waals surface area contributed by atoms with Crippen molar-refractivity contribution in [2.45, 2.75) is 64.3 Å².